The Bertz CT molecular complexity index is 549. The number of nitrogens with zero attached hydrogens (tertiary/aromatic N) is 1. The molecule has 4 nitrogen and oxygen atoms in total. The molecule has 0 saturated carbocycles. The van der Waals surface area contributed by atoms with Crippen molar-refractivity contribution in [2.24, 2.45) is 0 Å². The summed E-state index contributed by atoms with van der Waals surface area (Å²) in [4.78, 5) is 2.62. The fraction of sp³-hybridized carbons (Fsp3) is 0.600. The largest absolute Gasteiger partial charge is 0.366 e. The summed E-state index contributed by atoms with van der Waals surface area (Å²) in [5.74, 6) is 0. The molecule has 0 aliphatic carbocycles. The number of hydrogen-bond donors (Lipinski definition) is 1. The summed E-state index contributed by atoms with van der Waals surface area (Å²) in [6, 6.07) is 8.01. The van der Waals surface area contributed by atoms with E-state index in [2.05, 4.69) is 24.1 Å². The zero-order chi connectivity index (χ0) is 14.8. The highest BCUT2D eigenvalue weighted by molar-refractivity contribution is 7.90. The monoisotopic (exact) mass is 296 g/mol. The molecule has 1 fully saturated rings. The van der Waals surface area contributed by atoms with Crippen molar-refractivity contribution < 1.29 is 8.42 Å². The van der Waals surface area contributed by atoms with Crippen molar-refractivity contribution in [3.8, 4) is 0 Å². The van der Waals surface area contributed by atoms with E-state index in [9.17, 15) is 8.42 Å². The second kappa shape index (κ2) is 6.14. The van der Waals surface area contributed by atoms with E-state index in [1.165, 1.54) is 12.7 Å². The molecule has 0 amide bonds. The first-order valence-electron chi connectivity index (χ1n) is 7.18. The first kappa shape index (κ1) is 15.3. The van der Waals surface area contributed by atoms with Gasteiger partial charge in [0.15, 0.2) is 9.84 Å². The third-order valence-corrected chi connectivity index (χ3v) is 4.92. The summed E-state index contributed by atoms with van der Waals surface area (Å²) in [6.45, 7) is 6.12. The van der Waals surface area contributed by atoms with Crippen LogP contribution >= 0.6 is 0 Å². The summed E-state index contributed by atoms with van der Waals surface area (Å²) in [6.07, 6.45) is 3.63. The number of benzene rings is 1. The van der Waals surface area contributed by atoms with Gasteiger partial charge in [0.25, 0.3) is 0 Å². The molecule has 0 spiro atoms. The molecule has 1 heterocycles. The van der Waals surface area contributed by atoms with E-state index in [4.69, 9.17) is 0 Å². The Balaban J connectivity index is 2.34. The molecule has 0 aromatic heterocycles. The summed E-state index contributed by atoms with van der Waals surface area (Å²) >= 11 is 0. The Kier molecular flexibility index (Phi) is 4.70. The molecule has 112 valence electrons. The smallest absolute Gasteiger partial charge is 0.177 e. The van der Waals surface area contributed by atoms with Crippen molar-refractivity contribution >= 4 is 15.5 Å². The van der Waals surface area contributed by atoms with Gasteiger partial charge in [0.05, 0.1) is 10.6 Å². The van der Waals surface area contributed by atoms with Crippen LogP contribution in [-0.2, 0) is 9.84 Å². The van der Waals surface area contributed by atoms with E-state index in [0.717, 1.165) is 25.2 Å². The maximum absolute atomic E-state index is 12.0. The first-order chi connectivity index (χ1) is 9.39. The van der Waals surface area contributed by atoms with Crippen molar-refractivity contribution in [1.82, 2.24) is 5.32 Å². The SMILES string of the molecule is CC(C)N(CC1CCCN1)c1ccccc1S(C)(=O)=O. The van der Waals surface area contributed by atoms with Gasteiger partial charge in [-0.2, -0.15) is 0 Å². The molecule has 0 radical (unpaired) electrons. The quantitative estimate of drug-likeness (QED) is 0.903. The molecule has 1 aliphatic rings. The number of nitrogens with one attached hydrogen (secondary N) is 1. The molecule has 20 heavy (non-hydrogen) atoms. The second-order valence-electron chi connectivity index (χ2n) is 5.78. The predicted molar refractivity (Wildman–Crippen MR) is 83.1 cm³/mol. The summed E-state index contributed by atoms with van der Waals surface area (Å²) < 4.78 is 24.0. The van der Waals surface area contributed by atoms with Gasteiger partial charge < -0.3 is 10.2 Å². The first-order valence-corrected chi connectivity index (χ1v) is 9.08. The number of anilines is 1. The van der Waals surface area contributed by atoms with Gasteiger partial charge in [-0.25, -0.2) is 8.42 Å². The fourth-order valence-corrected chi connectivity index (χ4v) is 3.64. The minimum absolute atomic E-state index is 0.264. The number of hydrogen-bond acceptors (Lipinski definition) is 4. The molecular weight excluding hydrogens is 272 g/mol. The summed E-state index contributed by atoms with van der Waals surface area (Å²) in [5, 5.41) is 3.48. The molecule has 1 saturated heterocycles. The van der Waals surface area contributed by atoms with Gasteiger partial charge in [0.1, 0.15) is 0 Å². The molecule has 1 atom stereocenters. The van der Waals surface area contributed by atoms with Crippen molar-refractivity contribution in [3.05, 3.63) is 24.3 Å². The molecule has 1 unspecified atom stereocenters. The Labute approximate surface area is 122 Å². The average molecular weight is 296 g/mol. The predicted octanol–water partition coefficient (Wildman–Crippen LogP) is 2.06. The molecule has 0 bridgehead atoms. The van der Waals surface area contributed by atoms with E-state index in [-0.39, 0.29) is 6.04 Å². The summed E-state index contributed by atoms with van der Waals surface area (Å²) in [7, 11) is -3.21. The van der Waals surface area contributed by atoms with Gasteiger partial charge in [-0.15, -0.1) is 0 Å². The maximum atomic E-state index is 12.0. The zero-order valence-electron chi connectivity index (χ0n) is 12.5. The Morgan fingerprint density at radius 2 is 2.05 bits per heavy atom. The van der Waals surface area contributed by atoms with Crippen LogP contribution in [0.3, 0.4) is 0 Å². The van der Waals surface area contributed by atoms with Gasteiger partial charge in [-0.3, -0.25) is 0 Å². The van der Waals surface area contributed by atoms with E-state index >= 15 is 0 Å². The molecule has 1 aliphatic heterocycles. The van der Waals surface area contributed by atoms with Gasteiger partial charge in [0.2, 0.25) is 0 Å². The van der Waals surface area contributed by atoms with Crippen LogP contribution in [0.5, 0.6) is 0 Å². The lowest BCUT2D eigenvalue weighted by Gasteiger charge is -2.33. The van der Waals surface area contributed by atoms with Gasteiger partial charge in [0, 0.05) is 24.9 Å². The molecule has 1 N–H and O–H groups in total. The van der Waals surface area contributed by atoms with Crippen molar-refractivity contribution in [2.45, 2.75) is 43.7 Å². The highest BCUT2D eigenvalue weighted by Gasteiger charge is 2.24. The number of para-hydroxylation sites is 1. The molecular formula is C15H24N2O2S. The summed E-state index contributed by atoms with van der Waals surface area (Å²) in [5.41, 5.74) is 0.818. The minimum Gasteiger partial charge on any atom is -0.366 e. The van der Waals surface area contributed by atoms with Gasteiger partial charge >= 0.3 is 0 Å². The van der Waals surface area contributed by atoms with E-state index in [1.807, 2.05) is 12.1 Å². The minimum atomic E-state index is -3.21. The lowest BCUT2D eigenvalue weighted by Crippen LogP contribution is -2.41. The molecule has 1 aromatic carbocycles. The van der Waals surface area contributed by atoms with E-state index in [1.54, 1.807) is 12.1 Å². The highest BCUT2D eigenvalue weighted by Crippen LogP contribution is 2.27. The second-order valence-corrected chi connectivity index (χ2v) is 7.76. The van der Waals surface area contributed by atoms with Gasteiger partial charge in [-0.05, 0) is 45.4 Å². The van der Waals surface area contributed by atoms with E-state index in [0.29, 0.717) is 10.9 Å². The van der Waals surface area contributed by atoms with Crippen LogP contribution in [0.4, 0.5) is 5.69 Å². The van der Waals surface area contributed by atoms with Crippen LogP contribution < -0.4 is 10.2 Å². The van der Waals surface area contributed by atoms with Crippen LogP contribution in [0.1, 0.15) is 26.7 Å². The van der Waals surface area contributed by atoms with Crippen molar-refractivity contribution in [3.63, 3.8) is 0 Å². The molecule has 2 rings (SSSR count). The van der Waals surface area contributed by atoms with Crippen molar-refractivity contribution in [1.29, 1.82) is 0 Å². The highest BCUT2D eigenvalue weighted by atomic mass is 32.2. The Morgan fingerprint density at radius 1 is 1.35 bits per heavy atom. The van der Waals surface area contributed by atoms with Gasteiger partial charge in [-0.1, -0.05) is 12.1 Å². The van der Waals surface area contributed by atoms with Crippen LogP contribution in [0.2, 0.25) is 0 Å². The fourth-order valence-electron chi connectivity index (χ4n) is 2.75. The Morgan fingerprint density at radius 3 is 2.60 bits per heavy atom. The third-order valence-electron chi connectivity index (χ3n) is 3.78. The van der Waals surface area contributed by atoms with Crippen molar-refractivity contribution in [2.75, 3.05) is 24.2 Å². The van der Waals surface area contributed by atoms with Crippen LogP contribution in [0.15, 0.2) is 29.2 Å². The molecule has 1 aromatic rings. The van der Waals surface area contributed by atoms with Crippen LogP contribution in [0.25, 0.3) is 0 Å². The van der Waals surface area contributed by atoms with Crippen LogP contribution in [0, 0.1) is 0 Å². The number of rotatable bonds is 5. The standard InChI is InChI=1S/C15H24N2O2S/c1-12(2)17(11-13-7-6-10-16-13)14-8-4-5-9-15(14)20(3,18)19/h4-5,8-9,12-13,16H,6-7,10-11H2,1-3H3. The lowest BCUT2D eigenvalue weighted by molar-refractivity contribution is 0.549. The normalized spacial score (nSPS) is 19.5. The van der Waals surface area contributed by atoms with E-state index < -0.39 is 9.84 Å². The zero-order valence-corrected chi connectivity index (χ0v) is 13.3. The lowest BCUT2D eigenvalue weighted by atomic mass is 10.1. The topological polar surface area (TPSA) is 49.4 Å². The van der Waals surface area contributed by atoms with Crippen LogP contribution in [-0.4, -0.2) is 39.8 Å². The number of sulfone groups is 1. The average Bonchev–Trinajstić information content (AvgIpc) is 2.87. The maximum Gasteiger partial charge on any atom is 0.177 e. The third kappa shape index (κ3) is 3.52. The Hall–Kier alpha value is -1.07. The molecule has 5 heteroatoms.